The Bertz CT molecular complexity index is 1170. The second-order valence-electron chi connectivity index (χ2n) is 8.75. The largest absolute Gasteiger partial charge is 0.497 e. The number of hydrogen-bond donors (Lipinski definition) is 2. The maximum Gasteiger partial charge on any atom is 0.321 e. The van der Waals surface area contributed by atoms with Crippen molar-refractivity contribution in [1.29, 1.82) is 0 Å². The van der Waals surface area contributed by atoms with Gasteiger partial charge in [0, 0.05) is 16.8 Å². The average molecular weight is 498 g/mol. The van der Waals surface area contributed by atoms with Crippen LogP contribution in [0, 0.1) is 0 Å². The molecule has 1 aromatic heterocycles. The molecular formula is C25H31N5O4S. The molecule has 3 rings (SSSR count). The first kappa shape index (κ1) is 26.1. The van der Waals surface area contributed by atoms with Gasteiger partial charge in [0.25, 0.3) is 0 Å². The summed E-state index contributed by atoms with van der Waals surface area (Å²) in [4.78, 5) is 24.8. The van der Waals surface area contributed by atoms with E-state index in [2.05, 4.69) is 20.8 Å². The summed E-state index contributed by atoms with van der Waals surface area (Å²) in [7, 11) is 1.60. The van der Waals surface area contributed by atoms with Gasteiger partial charge in [-0.3, -0.25) is 14.7 Å². The SMILES string of the molecule is CCOc1ccc(-n2c(SC(C)C(=O)NC(=O)NC(C)(C)C)nnc2-c2cccc(OC)c2)cc1. The molecule has 0 fully saturated rings. The fourth-order valence-corrected chi connectivity index (χ4v) is 4.05. The molecule has 0 aliphatic rings. The highest BCUT2D eigenvalue weighted by Crippen LogP contribution is 2.32. The maximum absolute atomic E-state index is 12.7. The minimum Gasteiger partial charge on any atom is -0.497 e. The van der Waals surface area contributed by atoms with E-state index in [1.54, 1.807) is 14.0 Å². The van der Waals surface area contributed by atoms with Gasteiger partial charge < -0.3 is 14.8 Å². The zero-order valence-corrected chi connectivity index (χ0v) is 21.6. The number of methoxy groups -OCH3 is 1. The second kappa shape index (κ2) is 11.3. The molecule has 35 heavy (non-hydrogen) atoms. The average Bonchev–Trinajstić information content (AvgIpc) is 3.22. The Hall–Kier alpha value is -3.53. The molecule has 3 aromatic rings. The summed E-state index contributed by atoms with van der Waals surface area (Å²) in [5.41, 5.74) is 1.15. The van der Waals surface area contributed by atoms with E-state index in [0.29, 0.717) is 23.3 Å². The number of urea groups is 1. The second-order valence-corrected chi connectivity index (χ2v) is 10.1. The normalized spacial score (nSPS) is 12.1. The minimum absolute atomic E-state index is 0.430. The van der Waals surface area contributed by atoms with E-state index < -0.39 is 22.7 Å². The third-order valence-electron chi connectivity index (χ3n) is 4.74. The Kier molecular flexibility index (Phi) is 8.39. The van der Waals surface area contributed by atoms with Gasteiger partial charge in [-0.1, -0.05) is 23.9 Å². The van der Waals surface area contributed by atoms with Crippen LogP contribution in [0.1, 0.15) is 34.6 Å². The van der Waals surface area contributed by atoms with E-state index in [9.17, 15) is 9.59 Å². The zero-order chi connectivity index (χ0) is 25.6. The smallest absolute Gasteiger partial charge is 0.321 e. The molecule has 1 atom stereocenters. The highest BCUT2D eigenvalue weighted by Gasteiger charge is 2.24. The number of benzene rings is 2. The molecule has 10 heteroatoms. The number of thioether (sulfide) groups is 1. The van der Waals surface area contributed by atoms with Crippen molar-refractivity contribution >= 4 is 23.7 Å². The number of rotatable bonds is 8. The van der Waals surface area contributed by atoms with E-state index in [0.717, 1.165) is 17.0 Å². The highest BCUT2D eigenvalue weighted by atomic mass is 32.2. The molecule has 2 N–H and O–H groups in total. The van der Waals surface area contributed by atoms with Gasteiger partial charge in [-0.25, -0.2) is 4.79 Å². The lowest BCUT2D eigenvalue weighted by atomic mass is 10.1. The predicted molar refractivity (Wildman–Crippen MR) is 136 cm³/mol. The Balaban J connectivity index is 1.93. The van der Waals surface area contributed by atoms with Crippen molar-refractivity contribution in [1.82, 2.24) is 25.4 Å². The summed E-state index contributed by atoms with van der Waals surface area (Å²) in [5, 5.41) is 13.8. The fourth-order valence-electron chi connectivity index (χ4n) is 3.18. The van der Waals surface area contributed by atoms with Gasteiger partial charge in [-0.15, -0.1) is 10.2 Å². The van der Waals surface area contributed by atoms with Crippen LogP contribution in [0.4, 0.5) is 4.79 Å². The lowest BCUT2D eigenvalue weighted by Gasteiger charge is -2.21. The number of hydrogen-bond acceptors (Lipinski definition) is 7. The fraction of sp³-hybridized carbons (Fsp3) is 0.360. The quantitative estimate of drug-likeness (QED) is 0.443. The van der Waals surface area contributed by atoms with Crippen LogP contribution in [0.15, 0.2) is 53.7 Å². The molecule has 9 nitrogen and oxygen atoms in total. The van der Waals surface area contributed by atoms with E-state index in [4.69, 9.17) is 9.47 Å². The van der Waals surface area contributed by atoms with Crippen molar-refractivity contribution < 1.29 is 19.1 Å². The number of amides is 3. The zero-order valence-electron chi connectivity index (χ0n) is 20.8. The van der Waals surface area contributed by atoms with Crippen LogP contribution in [-0.4, -0.2) is 51.2 Å². The first-order valence-corrected chi connectivity index (χ1v) is 12.1. The monoisotopic (exact) mass is 497 g/mol. The van der Waals surface area contributed by atoms with Gasteiger partial charge in [0.05, 0.1) is 19.0 Å². The number of imide groups is 1. The molecule has 1 unspecified atom stereocenters. The number of nitrogens with zero attached hydrogens (tertiary/aromatic N) is 3. The van der Waals surface area contributed by atoms with Crippen LogP contribution in [-0.2, 0) is 4.79 Å². The lowest BCUT2D eigenvalue weighted by molar-refractivity contribution is -0.119. The van der Waals surface area contributed by atoms with Crippen molar-refractivity contribution in [2.75, 3.05) is 13.7 Å². The van der Waals surface area contributed by atoms with Crippen LogP contribution in [0.25, 0.3) is 17.1 Å². The van der Waals surface area contributed by atoms with Crippen LogP contribution in [0.3, 0.4) is 0 Å². The molecule has 0 aliphatic heterocycles. The Morgan fingerprint density at radius 2 is 1.80 bits per heavy atom. The number of aromatic nitrogens is 3. The molecule has 0 radical (unpaired) electrons. The number of carbonyl (C=O) groups is 2. The number of carbonyl (C=O) groups excluding carboxylic acids is 2. The van der Waals surface area contributed by atoms with Gasteiger partial charge >= 0.3 is 6.03 Å². The van der Waals surface area contributed by atoms with E-state index in [-0.39, 0.29) is 0 Å². The summed E-state index contributed by atoms with van der Waals surface area (Å²) in [6.45, 7) is 9.74. The third-order valence-corrected chi connectivity index (χ3v) is 5.79. The van der Waals surface area contributed by atoms with E-state index >= 15 is 0 Å². The number of ether oxygens (including phenoxy) is 2. The van der Waals surface area contributed by atoms with E-state index in [1.165, 1.54) is 11.8 Å². The van der Waals surface area contributed by atoms with Crippen molar-refractivity contribution in [3.8, 4) is 28.6 Å². The molecule has 1 heterocycles. The van der Waals surface area contributed by atoms with Gasteiger partial charge in [0.15, 0.2) is 11.0 Å². The predicted octanol–water partition coefficient (Wildman–Crippen LogP) is 4.45. The first-order chi connectivity index (χ1) is 16.6. The molecule has 3 amide bonds. The third kappa shape index (κ3) is 6.98. The van der Waals surface area contributed by atoms with Crippen molar-refractivity contribution in [3.63, 3.8) is 0 Å². The minimum atomic E-state index is -0.607. The van der Waals surface area contributed by atoms with Crippen LogP contribution in [0.5, 0.6) is 11.5 Å². The molecule has 0 bridgehead atoms. The summed E-state index contributed by atoms with van der Waals surface area (Å²) >= 11 is 1.21. The van der Waals surface area contributed by atoms with Gasteiger partial charge in [0.1, 0.15) is 11.5 Å². The van der Waals surface area contributed by atoms with Gasteiger partial charge in [0.2, 0.25) is 5.91 Å². The summed E-state index contributed by atoms with van der Waals surface area (Å²) in [5.74, 6) is 1.60. The Morgan fingerprint density at radius 1 is 1.09 bits per heavy atom. The molecule has 0 aliphatic carbocycles. The van der Waals surface area contributed by atoms with Crippen LogP contribution >= 0.6 is 11.8 Å². The lowest BCUT2D eigenvalue weighted by Crippen LogP contribution is -2.49. The molecule has 0 spiro atoms. The molecule has 2 aromatic carbocycles. The Labute approximate surface area is 209 Å². The standard InChI is InChI=1S/C25H31N5O4S/c1-7-34-19-13-11-18(12-14-19)30-21(17-9-8-10-20(15-17)33-6)28-29-24(30)35-16(2)22(31)26-23(32)27-25(3,4)5/h8-16H,7H2,1-6H3,(H2,26,27,31,32). The highest BCUT2D eigenvalue weighted by molar-refractivity contribution is 8.00. The summed E-state index contributed by atoms with van der Waals surface area (Å²) < 4.78 is 12.8. The van der Waals surface area contributed by atoms with Crippen molar-refractivity contribution in [3.05, 3.63) is 48.5 Å². The molecule has 186 valence electrons. The van der Waals surface area contributed by atoms with Gasteiger partial charge in [-0.05, 0) is 71.0 Å². The summed E-state index contributed by atoms with van der Waals surface area (Å²) in [6.07, 6.45) is 0. The van der Waals surface area contributed by atoms with Crippen LogP contribution in [0.2, 0.25) is 0 Å². The summed E-state index contributed by atoms with van der Waals surface area (Å²) in [6, 6.07) is 14.5. The van der Waals surface area contributed by atoms with E-state index in [1.807, 2.05) is 80.8 Å². The maximum atomic E-state index is 12.7. The van der Waals surface area contributed by atoms with Crippen LogP contribution < -0.4 is 20.1 Å². The molecular weight excluding hydrogens is 466 g/mol. The first-order valence-electron chi connectivity index (χ1n) is 11.2. The van der Waals surface area contributed by atoms with Crippen molar-refractivity contribution in [2.24, 2.45) is 0 Å². The topological polar surface area (TPSA) is 107 Å². The Morgan fingerprint density at radius 3 is 2.43 bits per heavy atom. The molecule has 0 saturated heterocycles. The van der Waals surface area contributed by atoms with Gasteiger partial charge in [-0.2, -0.15) is 0 Å². The molecule has 0 saturated carbocycles. The van der Waals surface area contributed by atoms with Crippen molar-refractivity contribution in [2.45, 2.75) is 50.6 Å². The number of nitrogens with one attached hydrogen (secondary N) is 2.